The van der Waals surface area contributed by atoms with Gasteiger partial charge in [0.2, 0.25) is 11.8 Å². The number of hydrogen-bond acceptors (Lipinski definition) is 6. The van der Waals surface area contributed by atoms with Gasteiger partial charge in [-0.3, -0.25) is 24.7 Å². The summed E-state index contributed by atoms with van der Waals surface area (Å²) in [6.07, 6.45) is 3.18. The molecule has 1 aromatic heterocycles. The van der Waals surface area contributed by atoms with Gasteiger partial charge in [0.1, 0.15) is 18.5 Å². The van der Waals surface area contributed by atoms with Crippen LogP contribution in [0.15, 0.2) is 60.9 Å². The van der Waals surface area contributed by atoms with Crippen molar-refractivity contribution in [3.8, 4) is 6.07 Å². The smallest absolute Gasteiger partial charge is 0.324 e. The molecule has 10 nitrogen and oxygen atoms in total. The van der Waals surface area contributed by atoms with Crippen molar-refractivity contribution in [2.45, 2.75) is 6.04 Å². The largest absolute Gasteiger partial charge is 0.339 e. The number of imide groups is 1. The van der Waals surface area contributed by atoms with Gasteiger partial charge in [-0.05, 0) is 17.7 Å². The quantitative estimate of drug-likeness (QED) is 0.484. The normalized spacial score (nSPS) is 16.2. The van der Waals surface area contributed by atoms with E-state index in [9.17, 15) is 19.2 Å². The Morgan fingerprint density at radius 3 is 2.77 bits per heavy atom. The SMILES string of the molecule is N#CC1CN(CC(=O)NC(C(=O)Nc2cncc3ccccc23)c2cccc(Cl)c2)C(=O)NC1=O. The van der Waals surface area contributed by atoms with Crippen LogP contribution in [0.3, 0.4) is 0 Å². The maximum Gasteiger partial charge on any atom is 0.324 e. The predicted molar refractivity (Wildman–Crippen MR) is 127 cm³/mol. The molecule has 2 atom stereocenters. The molecule has 3 N–H and O–H groups in total. The van der Waals surface area contributed by atoms with E-state index in [4.69, 9.17) is 16.9 Å². The van der Waals surface area contributed by atoms with Gasteiger partial charge in [0.25, 0.3) is 5.91 Å². The molecule has 11 heteroatoms. The number of urea groups is 1. The number of rotatable bonds is 6. The van der Waals surface area contributed by atoms with E-state index in [0.717, 1.165) is 15.7 Å². The first kappa shape index (κ1) is 23.7. The summed E-state index contributed by atoms with van der Waals surface area (Å²) >= 11 is 6.11. The average molecular weight is 491 g/mol. The van der Waals surface area contributed by atoms with Gasteiger partial charge >= 0.3 is 6.03 Å². The van der Waals surface area contributed by atoms with Crippen LogP contribution in [0, 0.1) is 17.2 Å². The molecule has 0 spiro atoms. The lowest BCUT2D eigenvalue weighted by Gasteiger charge is -2.29. The molecule has 1 fully saturated rings. The molecule has 0 saturated carbocycles. The van der Waals surface area contributed by atoms with Crippen LogP contribution in [-0.4, -0.2) is 46.7 Å². The van der Waals surface area contributed by atoms with Crippen LogP contribution < -0.4 is 16.0 Å². The van der Waals surface area contributed by atoms with Crippen molar-refractivity contribution in [1.29, 1.82) is 5.26 Å². The van der Waals surface area contributed by atoms with E-state index in [1.54, 1.807) is 36.5 Å². The molecule has 1 aliphatic heterocycles. The molecule has 2 heterocycles. The lowest BCUT2D eigenvalue weighted by Crippen LogP contribution is -2.56. The molecule has 0 bridgehead atoms. The molecule has 0 aliphatic carbocycles. The number of halogens is 1. The van der Waals surface area contributed by atoms with Gasteiger partial charge in [-0.2, -0.15) is 5.26 Å². The van der Waals surface area contributed by atoms with Crippen LogP contribution in [0.2, 0.25) is 5.02 Å². The zero-order valence-electron chi connectivity index (χ0n) is 18.2. The van der Waals surface area contributed by atoms with Gasteiger partial charge in [0.05, 0.1) is 18.0 Å². The van der Waals surface area contributed by atoms with Crippen LogP contribution in [0.5, 0.6) is 0 Å². The fraction of sp³-hybridized carbons (Fsp3) is 0.167. The zero-order valence-corrected chi connectivity index (χ0v) is 19.0. The second-order valence-electron chi connectivity index (χ2n) is 7.81. The number of nitriles is 1. The molecule has 1 aliphatic rings. The molecule has 0 radical (unpaired) electrons. The van der Waals surface area contributed by atoms with Crippen molar-refractivity contribution < 1.29 is 19.2 Å². The van der Waals surface area contributed by atoms with E-state index < -0.39 is 42.3 Å². The summed E-state index contributed by atoms with van der Waals surface area (Å²) in [5, 5.41) is 18.5. The number of fused-ring (bicyclic) bond motifs is 1. The van der Waals surface area contributed by atoms with E-state index in [1.165, 1.54) is 6.20 Å². The van der Waals surface area contributed by atoms with Crippen molar-refractivity contribution in [2.75, 3.05) is 18.4 Å². The molecule has 4 rings (SSSR count). The van der Waals surface area contributed by atoms with Crippen LogP contribution in [0.25, 0.3) is 10.8 Å². The Labute approximate surface area is 204 Å². The molecule has 3 aromatic rings. The Morgan fingerprint density at radius 1 is 1.20 bits per heavy atom. The zero-order chi connectivity index (χ0) is 24.9. The highest BCUT2D eigenvalue weighted by molar-refractivity contribution is 6.30. The summed E-state index contributed by atoms with van der Waals surface area (Å²) in [6, 6.07) is 13.7. The molecular weight excluding hydrogens is 472 g/mol. The first-order valence-corrected chi connectivity index (χ1v) is 10.9. The van der Waals surface area contributed by atoms with E-state index in [-0.39, 0.29) is 6.54 Å². The van der Waals surface area contributed by atoms with Gasteiger partial charge in [0, 0.05) is 28.5 Å². The van der Waals surface area contributed by atoms with Gasteiger partial charge < -0.3 is 15.5 Å². The number of carbonyl (C=O) groups is 4. The number of nitrogens with zero attached hydrogens (tertiary/aromatic N) is 3. The molecule has 35 heavy (non-hydrogen) atoms. The molecular formula is C24H19ClN6O4. The Balaban J connectivity index is 1.56. The minimum absolute atomic E-state index is 0.232. The van der Waals surface area contributed by atoms with Gasteiger partial charge in [-0.25, -0.2) is 4.79 Å². The summed E-state index contributed by atoms with van der Waals surface area (Å²) in [5.41, 5.74) is 0.880. The van der Waals surface area contributed by atoms with Crippen LogP contribution in [0.4, 0.5) is 10.5 Å². The third-order valence-corrected chi connectivity index (χ3v) is 5.64. The van der Waals surface area contributed by atoms with Crippen molar-refractivity contribution in [1.82, 2.24) is 20.5 Å². The van der Waals surface area contributed by atoms with Crippen LogP contribution in [0.1, 0.15) is 11.6 Å². The first-order chi connectivity index (χ1) is 16.9. The van der Waals surface area contributed by atoms with Crippen molar-refractivity contribution in [3.05, 3.63) is 71.5 Å². The Hall–Kier alpha value is -4.49. The number of hydrogen-bond donors (Lipinski definition) is 3. The standard InChI is InChI=1S/C24H19ClN6O4/c25-17-6-3-5-14(8-17)21(23(34)28-19-11-27-10-15-4-1-2-7-18(15)19)29-20(32)13-31-12-16(9-26)22(33)30-24(31)35/h1-8,10-11,16,21H,12-13H2,(H,28,34)(H,29,32)(H,30,33,35). The monoisotopic (exact) mass is 490 g/mol. The van der Waals surface area contributed by atoms with Crippen LogP contribution >= 0.6 is 11.6 Å². The highest BCUT2D eigenvalue weighted by Gasteiger charge is 2.34. The van der Waals surface area contributed by atoms with E-state index in [0.29, 0.717) is 16.3 Å². The summed E-state index contributed by atoms with van der Waals surface area (Å²) in [4.78, 5) is 55.1. The topological polar surface area (TPSA) is 144 Å². The first-order valence-electron chi connectivity index (χ1n) is 10.5. The second-order valence-corrected chi connectivity index (χ2v) is 8.25. The number of pyridine rings is 1. The second kappa shape index (κ2) is 10.2. The van der Waals surface area contributed by atoms with Crippen LogP contribution in [-0.2, 0) is 14.4 Å². The van der Waals surface area contributed by atoms with Crippen molar-refractivity contribution in [3.63, 3.8) is 0 Å². The lowest BCUT2D eigenvalue weighted by atomic mass is 10.1. The highest BCUT2D eigenvalue weighted by atomic mass is 35.5. The van der Waals surface area contributed by atoms with Gasteiger partial charge in [-0.15, -0.1) is 0 Å². The number of carbonyl (C=O) groups excluding carboxylic acids is 4. The number of amides is 5. The third kappa shape index (κ3) is 5.37. The lowest BCUT2D eigenvalue weighted by molar-refractivity contribution is -0.128. The van der Waals surface area contributed by atoms with Crippen molar-refractivity contribution >= 4 is 51.8 Å². The van der Waals surface area contributed by atoms with Gasteiger partial charge in [0.15, 0.2) is 0 Å². The number of anilines is 1. The van der Waals surface area contributed by atoms with E-state index >= 15 is 0 Å². The summed E-state index contributed by atoms with van der Waals surface area (Å²) < 4.78 is 0. The Bertz CT molecular complexity index is 1370. The maximum absolute atomic E-state index is 13.3. The van der Waals surface area contributed by atoms with Gasteiger partial charge in [-0.1, -0.05) is 48.0 Å². The Morgan fingerprint density at radius 2 is 2.00 bits per heavy atom. The number of benzene rings is 2. The summed E-state index contributed by atoms with van der Waals surface area (Å²) in [7, 11) is 0. The average Bonchev–Trinajstić information content (AvgIpc) is 2.84. The predicted octanol–water partition coefficient (Wildman–Crippen LogP) is 2.38. The maximum atomic E-state index is 13.3. The molecule has 2 unspecified atom stereocenters. The molecule has 1 saturated heterocycles. The minimum Gasteiger partial charge on any atom is -0.339 e. The van der Waals surface area contributed by atoms with Crippen molar-refractivity contribution in [2.24, 2.45) is 5.92 Å². The van der Waals surface area contributed by atoms with E-state index in [1.807, 2.05) is 29.6 Å². The summed E-state index contributed by atoms with van der Waals surface area (Å²) in [6.45, 7) is -0.693. The van der Waals surface area contributed by atoms with E-state index in [2.05, 4.69) is 15.6 Å². The number of nitrogens with one attached hydrogen (secondary N) is 3. The number of aromatic nitrogens is 1. The fourth-order valence-corrected chi connectivity index (χ4v) is 3.88. The Kier molecular flexibility index (Phi) is 6.89. The molecule has 176 valence electrons. The fourth-order valence-electron chi connectivity index (χ4n) is 3.68. The minimum atomic E-state index is -1.15. The summed E-state index contributed by atoms with van der Waals surface area (Å²) in [5.74, 6) is -3.02. The molecule has 5 amide bonds. The third-order valence-electron chi connectivity index (χ3n) is 5.40. The molecule has 2 aromatic carbocycles. The highest BCUT2D eigenvalue weighted by Crippen LogP contribution is 2.24.